The lowest BCUT2D eigenvalue weighted by Crippen LogP contribution is -2.46. The van der Waals surface area contributed by atoms with Gasteiger partial charge >= 0.3 is 0 Å². The summed E-state index contributed by atoms with van der Waals surface area (Å²) in [4.78, 5) is 7.36. The summed E-state index contributed by atoms with van der Waals surface area (Å²) >= 11 is 4.03. The van der Waals surface area contributed by atoms with Crippen molar-refractivity contribution < 1.29 is 0 Å². The number of aliphatic imine (C=N–C) groups is 1. The van der Waals surface area contributed by atoms with Gasteiger partial charge in [-0.1, -0.05) is 18.7 Å². The van der Waals surface area contributed by atoms with E-state index in [1.54, 1.807) is 0 Å². The zero-order chi connectivity index (χ0) is 13.8. The number of rotatable bonds is 3. The molecule has 1 spiro atoms. The van der Waals surface area contributed by atoms with E-state index in [9.17, 15) is 0 Å². The summed E-state index contributed by atoms with van der Waals surface area (Å²) in [5, 5.41) is 4.97. The van der Waals surface area contributed by atoms with Crippen LogP contribution in [0.5, 0.6) is 0 Å². The van der Waals surface area contributed by atoms with Crippen molar-refractivity contribution in [3.8, 4) is 0 Å². The number of nitrogens with one attached hydrogen (secondary N) is 1. The lowest BCUT2D eigenvalue weighted by molar-refractivity contribution is 0.250. The molecule has 3 fully saturated rings. The van der Waals surface area contributed by atoms with Crippen molar-refractivity contribution in [1.29, 1.82) is 0 Å². The molecule has 0 amide bonds. The van der Waals surface area contributed by atoms with E-state index < -0.39 is 0 Å². The second-order valence-corrected chi connectivity index (χ2v) is 8.71. The van der Waals surface area contributed by atoms with Gasteiger partial charge in [0.2, 0.25) is 0 Å². The van der Waals surface area contributed by atoms with Crippen molar-refractivity contribution in [1.82, 2.24) is 10.2 Å². The van der Waals surface area contributed by atoms with E-state index in [-0.39, 0.29) is 0 Å². The van der Waals surface area contributed by atoms with Crippen LogP contribution in [-0.4, -0.2) is 59.0 Å². The molecule has 5 heteroatoms. The van der Waals surface area contributed by atoms with Crippen LogP contribution in [-0.2, 0) is 0 Å². The van der Waals surface area contributed by atoms with E-state index in [1.807, 2.05) is 11.8 Å². The highest BCUT2D eigenvalue weighted by atomic mass is 32.2. The van der Waals surface area contributed by atoms with Crippen molar-refractivity contribution in [3.63, 3.8) is 0 Å². The molecule has 20 heavy (non-hydrogen) atoms. The van der Waals surface area contributed by atoms with Crippen LogP contribution in [0.1, 0.15) is 32.6 Å². The van der Waals surface area contributed by atoms with Gasteiger partial charge < -0.3 is 5.32 Å². The Kier molecular flexibility index (Phi) is 5.21. The van der Waals surface area contributed by atoms with Gasteiger partial charge in [0.05, 0.1) is 6.54 Å². The molecule has 2 heterocycles. The Morgan fingerprint density at radius 1 is 1.30 bits per heavy atom. The van der Waals surface area contributed by atoms with E-state index in [0.717, 1.165) is 19.0 Å². The van der Waals surface area contributed by atoms with Crippen LogP contribution in [0.25, 0.3) is 0 Å². The maximum atomic E-state index is 4.81. The van der Waals surface area contributed by atoms with Gasteiger partial charge in [0.15, 0.2) is 5.17 Å². The zero-order valence-electron chi connectivity index (χ0n) is 12.6. The summed E-state index contributed by atoms with van der Waals surface area (Å²) < 4.78 is 0. The van der Waals surface area contributed by atoms with Crippen molar-refractivity contribution in [3.05, 3.63) is 0 Å². The predicted octanol–water partition coefficient (Wildman–Crippen LogP) is 2.68. The molecule has 0 atom stereocenters. The maximum absolute atomic E-state index is 4.81. The number of nitrogens with zero attached hydrogens (tertiary/aromatic N) is 2. The fraction of sp³-hybridized carbons (Fsp3) is 0.933. The molecule has 0 bridgehead atoms. The fourth-order valence-corrected chi connectivity index (χ4v) is 5.52. The second-order valence-electron chi connectivity index (χ2n) is 6.52. The molecule has 1 saturated carbocycles. The summed E-state index contributed by atoms with van der Waals surface area (Å²) in [6.07, 6.45) is 5.44. The average molecular weight is 314 g/mol. The van der Waals surface area contributed by atoms with Crippen LogP contribution < -0.4 is 5.32 Å². The molecule has 3 aliphatic rings. The largest absolute Gasteiger partial charge is 0.359 e. The monoisotopic (exact) mass is 313 g/mol. The Balaban J connectivity index is 1.43. The van der Waals surface area contributed by atoms with Gasteiger partial charge in [-0.25, -0.2) is 0 Å². The minimum Gasteiger partial charge on any atom is -0.359 e. The van der Waals surface area contributed by atoms with Gasteiger partial charge in [0, 0.05) is 42.4 Å². The van der Waals surface area contributed by atoms with E-state index in [2.05, 4.69) is 28.9 Å². The molecule has 0 aromatic rings. The molecule has 3 rings (SSSR count). The third kappa shape index (κ3) is 3.86. The third-order valence-corrected chi connectivity index (χ3v) is 7.01. The first-order chi connectivity index (χ1) is 9.76. The first kappa shape index (κ1) is 15.0. The Labute approximate surface area is 131 Å². The van der Waals surface area contributed by atoms with Gasteiger partial charge in [-0.3, -0.25) is 9.89 Å². The summed E-state index contributed by atoms with van der Waals surface area (Å²) in [7, 11) is 0. The Bertz CT molecular complexity index is 345. The third-order valence-electron chi connectivity index (χ3n) is 4.86. The summed E-state index contributed by atoms with van der Waals surface area (Å²) in [5.74, 6) is 4.75. The summed E-state index contributed by atoms with van der Waals surface area (Å²) in [5.41, 5.74) is 0.387. The lowest BCUT2D eigenvalue weighted by atomic mass is 9.78. The maximum Gasteiger partial charge on any atom is 0.157 e. The number of thioether (sulfide) groups is 2. The van der Waals surface area contributed by atoms with Crippen LogP contribution >= 0.6 is 23.5 Å². The highest BCUT2D eigenvalue weighted by Gasteiger charge is 2.39. The molecule has 2 aliphatic heterocycles. The second kappa shape index (κ2) is 6.93. The van der Waals surface area contributed by atoms with Crippen LogP contribution in [0, 0.1) is 5.92 Å². The minimum atomic E-state index is 0.387. The predicted molar refractivity (Wildman–Crippen MR) is 92.0 cm³/mol. The van der Waals surface area contributed by atoms with E-state index in [0.29, 0.717) is 5.54 Å². The van der Waals surface area contributed by atoms with Gasteiger partial charge in [-0.2, -0.15) is 11.8 Å². The Morgan fingerprint density at radius 2 is 2.05 bits per heavy atom. The highest BCUT2D eigenvalue weighted by Crippen LogP contribution is 2.38. The zero-order valence-corrected chi connectivity index (χ0v) is 14.2. The molecule has 2 saturated heterocycles. The normalized spacial score (nSPS) is 37.5. The van der Waals surface area contributed by atoms with Crippen molar-refractivity contribution in [2.24, 2.45) is 10.9 Å². The van der Waals surface area contributed by atoms with Gasteiger partial charge in [0.25, 0.3) is 0 Å². The SMILES string of the molecule is CC1CCC2(CC1)CSC(=NCCN1CCSCC1)N2. The summed E-state index contributed by atoms with van der Waals surface area (Å²) in [6, 6.07) is 0. The highest BCUT2D eigenvalue weighted by molar-refractivity contribution is 8.14. The number of hydrogen-bond acceptors (Lipinski definition) is 4. The van der Waals surface area contributed by atoms with E-state index in [4.69, 9.17) is 4.99 Å². The van der Waals surface area contributed by atoms with Gasteiger partial charge in [-0.15, -0.1) is 0 Å². The molecule has 0 radical (unpaired) electrons. The molecule has 0 aromatic heterocycles. The average Bonchev–Trinajstić information content (AvgIpc) is 2.87. The fourth-order valence-electron chi connectivity index (χ4n) is 3.29. The van der Waals surface area contributed by atoms with Crippen LogP contribution in [0.15, 0.2) is 4.99 Å². The number of hydrogen-bond donors (Lipinski definition) is 1. The van der Waals surface area contributed by atoms with Crippen molar-refractivity contribution in [2.75, 3.05) is 43.4 Å². The Hall–Kier alpha value is 0.130. The molecule has 0 unspecified atom stereocenters. The first-order valence-corrected chi connectivity index (χ1v) is 10.2. The van der Waals surface area contributed by atoms with Crippen LogP contribution in [0.4, 0.5) is 0 Å². The minimum absolute atomic E-state index is 0.387. The quantitative estimate of drug-likeness (QED) is 0.867. The molecule has 1 N–H and O–H groups in total. The van der Waals surface area contributed by atoms with Crippen LogP contribution in [0.2, 0.25) is 0 Å². The standard InChI is InChI=1S/C15H27N3S2/c1-13-2-4-15(5-3-13)12-20-14(17-15)16-6-7-18-8-10-19-11-9-18/h13H,2-12H2,1H3,(H,16,17). The molecule has 1 aliphatic carbocycles. The molecular weight excluding hydrogens is 286 g/mol. The lowest BCUT2D eigenvalue weighted by Gasteiger charge is -2.35. The molecule has 114 valence electrons. The van der Waals surface area contributed by atoms with Gasteiger partial charge in [-0.05, 0) is 31.6 Å². The number of amidine groups is 1. The molecule has 3 nitrogen and oxygen atoms in total. The van der Waals surface area contributed by atoms with Crippen molar-refractivity contribution in [2.45, 2.75) is 38.1 Å². The van der Waals surface area contributed by atoms with Gasteiger partial charge in [0.1, 0.15) is 0 Å². The van der Waals surface area contributed by atoms with E-state index in [1.165, 1.54) is 61.2 Å². The molecular formula is C15H27N3S2. The van der Waals surface area contributed by atoms with E-state index >= 15 is 0 Å². The first-order valence-electron chi connectivity index (χ1n) is 8.01. The Morgan fingerprint density at radius 3 is 2.80 bits per heavy atom. The topological polar surface area (TPSA) is 27.6 Å². The van der Waals surface area contributed by atoms with Crippen LogP contribution in [0.3, 0.4) is 0 Å². The summed E-state index contributed by atoms with van der Waals surface area (Å²) in [6.45, 7) is 6.99. The van der Waals surface area contributed by atoms with Crippen molar-refractivity contribution >= 4 is 28.7 Å². The molecule has 0 aromatic carbocycles. The smallest absolute Gasteiger partial charge is 0.157 e.